The van der Waals surface area contributed by atoms with Gasteiger partial charge in [0.05, 0.1) is 18.5 Å². The van der Waals surface area contributed by atoms with Gasteiger partial charge in [-0.05, 0) is 37.5 Å². The molecule has 6 rings (SSSR count). The number of aromatic nitrogens is 2. The van der Waals surface area contributed by atoms with E-state index in [1.807, 2.05) is 0 Å². The van der Waals surface area contributed by atoms with E-state index in [1.54, 1.807) is 48.3 Å². The molecule has 1 aromatic carbocycles. The molecule has 0 spiro atoms. The maximum absolute atomic E-state index is 12.7. The minimum absolute atomic E-state index is 0.00597. The van der Waals surface area contributed by atoms with Crippen molar-refractivity contribution in [3.63, 3.8) is 0 Å². The summed E-state index contributed by atoms with van der Waals surface area (Å²) >= 11 is 0. The first kappa shape index (κ1) is 19.5. The van der Waals surface area contributed by atoms with E-state index >= 15 is 0 Å². The molecule has 3 saturated carbocycles. The predicted molar refractivity (Wildman–Crippen MR) is 111 cm³/mol. The van der Waals surface area contributed by atoms with Crippen LogP contribution in [-0.2, 0) is 11.3 Å². The second kappa shape index (κ2) is 7.05. The normalized spacial score (nSPS) is 23.6. The average Bonchev–Trinajstić information content (AvgIpc) is 3.18. The lowest BCUT2D eigenvalue weighted by molar-refractivity contribution is -0.0909. The maximum atomic E-state index is 12.7. The van der Waals surface area contributed by atoms with E-state index in [1.165, 1.54) is 6.07 Å². The van der Waals surface area contributed by atoms with Crippen LogP contribution in [0.4, 0.5) is 0 Å². The Morgan fingerprint density at radius 1 is 1.13 bits per heavy atom. The van der Waals surface area contributed by atoms with E-state index in [-0.39, 0.29) is 28.2 Å². The van der Waals surface area contributed by atoms with Crippen LogP contribution in [0.25, 0.3) is 11.0 Å². The Balaban J connectivity index is 1.22. The van der Waals surface area contributed by atoms with Crippen molar-refractivity contribution in [3.8, 4) is 0 Å². The number of hydrogen-bond donors (Lipinski definition) is 2. The predicted octanol–water partition coefficient (Wildman–Crippen LogP) is 1.47. The minimum atomic E-state index is -0.417. The van der Waals surface area contributed by atoms with Gasteiger partial charge in [0.1, 0.15) is 11.3 Å². The quantitative estimate of drug-likeness (QED) is 0.596. The fraction of sp³-hybridized carbons (Fsp3) is 0.364. The van der Waals surface area contributed by atoms with Crippen molar-refractivity contribution in [3.05, 3.63) is 64.3 Å². The van der Waals surface area contributed by atoms with Gasteiger partial charge in [0.25, 0.3) is 11.8 Å². The number of benzene rings is 1. The van der Waals surface area contributed by atoms with Crippen molar-refractivity contribution in [1.29, 1.82) is 0 Å². The third kappa shape index (κ3) is 3.31. The molecule has 9 nitrogen and oxygen atoms in total. The summed E-state index contributed by atoms with van der Waals surface area (Å²) in [5.41, 5.74) is -0.0710. The zero-order valence-corrected chi connectivity index (χ0v) is 17.0. The van der Waals surface area contributed by atoms with E-state index in [4.69, 9.17) is 9.15 Å². The van der Waals surface area contributed by atoms with Crippen molar-refractivity contribution < 1.29 is 18.7 Å². The average molecular weight is 422 g/mol. The van der Waals surface area contributed by atoms with Crippen LogP contribution in [0.3, 0.4) is 0 Å². The zero-order chi connectivity index (χ0) is 21.6. The lowest BCUT2D eigenvalue weighted by atomic mass is 9.44. The molecule has 3 aliphatic rings. The number of amides is 2. The number of hydrogen-bond acceptors (Lipinski definition) is 6. The fourth-order valence-electron chi connectivity index (χ4n) is 4.76. The highest BCUT2D eigenvalue weighted by Crippen LogP contribution is 2.60. The summed E-state index contributed by atoms with van der Waals surface area (Å²) in [4.78, 5) is 37.6. The van der Waals surface area contributed by atoms with Gasteiger partial charge in [0, 0.05) is 30.5 Å². The lowest BCUT2D eigenvalue weighted by Crippen LogP contribution is -2.83. The molecule has 3 aliphatic carbocycles. The first-order chi connectivity index (χ1) is 14.9. The Bertz CT molecular complexity index is 1220. The summed E-state index contributed by atoms with van der Waals surface area (Å²) in [5.74, 6) is -0.609. The number of nitrogens with one attached hydrogen (secondary N) is 2. The largest absolute Gasteiger partial charge is 0.451 e. The molecule has 2 aromatic heterocycles. The Kier molecular flexibility index (Phi) is 4.44. The van der Waals surface area contributed by atoms with E-state index in [2.05, 4.69) is 15.7 Å². The first-order valence-electron chi connectivity index (χ1n) is 10.1. The van der Waals surface area contributed by atoms with Crippen molar-refractivity contribution >= 4 is 22.8 Å². The highest BCUT2D eigenvalue weighted by molar-refractivity contribution is 5.95. The molecule has 0 saturated heterocycles. The van der Waals surface area contributed by atoms with Crippen LogP contribution in [0.2, 0.25) is 0 Å². The molecule has 0 atom stereocenters. The van der Waals surface area contributed by atoms with Crippen molar-refractivity contribution in [1.82, 2.24) is 20.4 Å². The van der Waals surface area contributed by atoms with Gasteiger partial charge in [-0.3, -0.25) is 19.1 Å². The summed E-state index contributed by atoms with van der Waals surface area (Å²) in [6.45, 7) is 0.962. The Morgan fingerprint density at radius 2 is 1.84 bits per heavy atom. The second-order valence-corrected chi connectivity index (χ2v) is 8.40. The molecule has 0 unspecified atom stereocenters. The number of ether oxygens (including phenoxy) is 1. The molecular weight excluding hydrogens is 400 g/mol. The first-order valence-corrected chi connectivity index (χ1v) is 10.1. The zero-order valence-electron chi connectivity index (χ0n) is 17.0. The van der Waals surface area contributed by atoms with Crippen molar-refractivity contribution in [2.24, 2.45) is 0 Å². The summed E-state index contributed by atoms with van der Waals surface area (Å²) in [7, 11) is 1.60. The van der Waals surface area contributed by atoms with Gasteiger partial charge in [-0.25, -0.2) is 0 Å². The van der Waals surface area contributed by atoms with E-state index < -0.39 is 5.91 Å². The lowest BCUT2D eigenvalue weighted by Gasteiger charge is -2.70. The smallest absolute Gasteiger partial charge is 0.287 e. The van der Waals surface area contributed by atoms with Crippen molar-refractivity contribution in [2.45, 2.75) is 36.9 Å². The molecule has 0 aliphatic heterocycles. The Morgan fingerprint density at radius 3 is 2.58 bits per heavy atom. The van der Waals surface area contributed by atoms with Crippen LogP contribution < -0.4 is 16.1 Å². The molecule has 3 aromatic rings. The molecule has 3 fully saturated rings. The minimum Gasteiger partial charge on any atom is -0.451 e. The highest BCUT2D eigenvalue weighted by atomic mass is 16.5. The monoisotopic (exact) mass is 422 g/mol. The number of fused-ring (bicyclic) bond motifs is 1. The van der Waals surface area contributed by atoms with Crippen LogP contribution in [0.5, 0.6) is 0 Å². The van der Waals surface area contributed by atoms with Gasteiger partial charge in [-0.15, -0.1) is 0 Å². The van der Waals surface area contributed by atoms with E-state index in [0.717, 1.165) is 0 Å². The summed E-state index contributed by atoms with van der Waals surface area (Å²) < 4.78 is 12.3. The number of para-hydroxylation sites is 1. The van der Waals surface area contributed by atoms with Gasteiger partial charge >= 0.3 is 0 Å². The van der Waals surface area contributed by atoms with Gasteiger partial charge in [0.2, 0.25) is 0 Å². The fourth-order valence-corrected chi connectivity index (χ4v) is 4.76. The number of nitrogens with zero attached hydrogens (tertiary/aromatic N) is 2. The molecule has 2 amide bonds. The van der Waals surface area contributed by atoms with Crippen LogP contribution in [0, 0.1) is 0 Å². The maximum Gasteiger partial charge on any atom is 0.287 e. The summed E-state index contributed by atoms with van der Waals surface area (Å²) in [6.07, 6.45) is 3.51. The topological polar surface area (TPSA) is 115 Å². The Labute approximate surface area is 177 Å². The third-order valence-electron chi connectivity index (χ3n) is 6.10. The van der Waals surface area contributed by atoms with Gasteiger partial charge < -0.3 is 19.8 Å². The van der Waals surface area contributed by atoms with E-state index in [9.17, 15) is 14.4 Å². The molecule has 2 heterocycles. The SMILES string of the molecule is COCCn1nccc1C(=O)NC12CC(NC(=O)c3cc(=O)c4ccccc4o3)(C1)C2. The second-order valence-electron chi connectivity index (χ2n) is 8.40. The number of methoxy groups -OCH3 is 1. The molecular formula is C22H22N4O5. The van der Waals surface area contributed by atoms with Gasteiger partial charge in [0.15, 0.2) is 11.2 Å². The third-order valence-corrected chi connectivity index (χ3v) is 6.10. The summed E-state index contributed by atoms with van der Waals surface area (Å²) in [5, 5.41) is 10.7. The van der Waals surface area contributed by atoms with Crippen molar-refractivity contribution in [2.75, 3.05) is 13.7 Å². The van der Waals surface area contributed by atoms with Gasteiger partial charge in [-0.2, -0.15) is 5.10 Å². The Hall–Kier alpha value is -3.46. The van der Waals surface area contributed by atoms with Crippen LogP contribution >= 0.6 is 0 Å². The molecule has 160 valence electrons. The van der Waals surface area contributed by atoms with Crippen LogP contribution in [-0.4, -0.2) is 46.4 Å². The summed E-state index contributed by atoms with van der Waals surface area (Å²) in [6, 6.07) is 9.73. The standard InChI is InChI=1S/C22H22N4O5/c1-30-9-8-26-15(6-7-23-26)19(28)24-21-11-22(12-21,13-21)25-20(29)18-10-16(27)14-4-2-3-5-17(14)31-18/h2-7,10H,8-9,11-13H2,1H3,(H,24,28)(H,25,29). The molecule has 0 radical (unpaired) electrons. The molecule has 2 N–H and O–H groups in total. The number of carbonyl (C=O) groups excluding carboxylic acids is 2. The molecule has 9 heteroatoms. The number of rotatable bonds is 7. The molecule has 31 heavy (non-hydrogen) atoms. The molecule has 2 bridgehead atoms. The number of carbonyl (C=O) groups is 2. The van der Waals surface area contributed by atoms with Crippen LogP contribution in [0.15, 0.2) is 51.8 Å². The van der Waals surface area contributed by atoms with E-state index in [0.29, 0.717) is 49.1 Å². The van der Waals surface area contributed by atoms with Crippen LogP contribution in [0.1, 0.15) is 40.3 Å². The van der Waals surface area contributed by atoms with Gasteiger partial charge in [-0.1, -0.05) is 12.1 Å². The highest BCUT2D eigenvalue weighted by Gasteiger charge is 2.69.